The fourth-order valence-corrected chi connectivity index (χ4v) is 4.12. The van der Waals surface area contributed by atoms with Crippen molar-refractivity contribution in [1.82, 2.24) is 14.7 Å². The van der Waals surface area contributed by atoms with Crippen LogP contribution in [-0.2, 0) is 4.79 Å². The summed E-state index contributed by atoms with van der Waals surface area (Å²) in [5, 5.41) is 10.4. The molecule has 0 aliphatic carbocycles. The first-order valence-corrected chi connectivity index (χ1v) is 13.3. The van der Waals surface area contributed by atoms with E-state index in [4.69, 9.17) is 9.47 Å². The fourth-order valence-electron chi connectivity index (χ4n) is 4.12. The number of nitrogens with one attached hydrogen (secondary N) is 2. The van der Waals surface area contributed by atoms with Gasteiger partial charge in [-0.3, -0.25) is 4.79 Å². The molecule has 0 aliphatic rings. The number of amides is 3. The lowest BCUT2D eigenvalue weighted by Gasteiger charge is -2.24. The van der Waals surface area contributed by atoms with Gasteiger partial charge in [0.1, 0.15) is 29.7 Å². The standard InChI is InChI=1S/C31H34FN5O4/c1-21(2)16-17-36(31(39)33-26-15-14-25(40-3)18-28(26)41-4)20-30(38)34-29-19-27(22-8-6-5-7-9-22)35-37(29)24-12-10-23(32)11-13-24/h5-15,18-19,21H,16-17,20H2,1-4H3,(H,33,39)(H,34,38). The van der Waals surface area contributed by atoms with E-state index in [1.165, 1.54) is 24.1 Å². The molecule has 1 aromatic heterocycles. The molecule has 10 heteroatoms. The lowest BCUT2D eigenvalue weighted by Crippen LogP contribution is -2.41. The van der Waals surface area contributed by atoms with Crippen LogP contribution in [0.1, 0.15) is 20.3 Å². The van der Waals surface area contributed by atoms with Crippen LogP contribution >= 0.6 is 0 Å². The number of carbonyl (C=O) groups excluding carboxylic acids is 2. The van der Waals surface area contributed by atoms with Crippen LogP contribution in [0, 0.1) is 11.7 Å². The second kappa shape index (κ2) is 13.5. The van der Waals surface area contributed by atoms with Crippen molar-refractivity contribution in [2.45, 2.75) is 20.3 Å². The second-order valence-corrected chi connectivity index (χ2v) is 9.82. The summed E-state index contributed by atoms with van der Waals surface area (Å²) < 4.78 is 25.8. The minimum atomic E-state index is -0.443. The van der Waals surface area contributed by atoms with Crippen molar-refractivity contribution in [3.05, 3.63) is 84.7 Å². The number of nitrogens with zero attached hydrogens (tertiary/aromatic N) is 3. The van der Waals surface area contributed by atoms with E-state index in [1.807, 2.05) is 30.3 Å². The van der Waals surface area contributed by atoms with Crippen LogP contribution in [0.25, 0.3) is 16.9 Å². The van der Waals surface area contributed by atoms with Gasteiger partial charge in [0.05, 0.1) is 31.3 Å². The zero-order valence-electron chi connectivity index (χ0n) is 23.6. The topological polar surface area (TPSA) is 97.7 Å². The Hall–Kier alpha value is -4.86. The van der Waals surface area contributed by atoms with E-state index in [0.717, 1.165) is 5.56 Å². The maximum atomic E-state index is 13.6. The summed E-state index contributed by atoms with van der Waals surface area (Å²) in [4.78, 5) is 28.1. The van der Waals surface area contributed by atoms with Crippen LogP contribution < -0.4 is 20.1 Å². The largest absolute Gasteiger partial charge is 0.497 e. The van der Waals surface area contributed by atoms with Crippen LogP contribution in [-0.4, -0.2) is 53.9 Å². The van der Waals surface area contributed by atoms with Crippen molar-refractivity contribution in [3.63, 3.8) is 0 Å². The molecule has 0 saturated carbocycles. The molecule has 0 radical (unpaired) electrons. The van der Waals surface area contributed by atoms with Gasteiger partial charge in [0.25, 0.3) is 0 Å². The Labute approximate surface area is 238 Å². The third-order valence-corrected chi connectivity index (χ3v) is 6.37. The van der Waals surface area contributed by atoms with Gasteiger partial charge in [0.2, 0.25) is 5.91 Å². The van der Waals surface area contributed by atoms with Gasteiger partial charge in [-0.05, 0) is 48.7 Å². The number of methoxy groups -OCH3 is 2. The predicted molar refractivity (Wildman–Crippen MR) is 157 cm³/mol. The Morgan fingerprint density at radius 2 is 1.68 bits per heavy atom. The Kier molecular flexibility index (Phi) is 9.57. The quantitative estimate of drug-likeness (QED) is 0.228. The van der Waals surface area contributed by atoms with E-state index in [-0.39, 0.29) is 12.4 Å². The molecule has 0 bridgehead atoms. The molecule has 9 nitrogen and oxygen atoms in total. The highest BCUT2D eigenvalue weighted by molar-refractivity contribution is 5.97. The number of benzene rings is 3. The molecule has 0 saturated heterocycles. The van der Waals surface area contributed by atoms with Gasteiger partial charge >= 0.3 is 6.03 Å². The predicted octanol–water partition coefficient (Wildman–Crippen LogP) is 6.21. The normalized spacial score (nSPS) is 10.8. The van der Waals surface area contributed by atoms with Crippen molar-refractivity contribution < 1.29 is 23.5 Å². The van der Waals surface area contributed by atoms with Crippen LogP contribution in [0.15, 0.2) is 78.9 Å². The number of halogens is 1. The number of carbonyl (C=O) groups is 2. The number of anilines is 2. The molecule has 4 rings (SSSR count). The van der Waals surface area contributed by atoms with E-state index < -0.39 is 11.9 Å². The van der Waals surface area contributed by atoms with Gasteiger partial charge in [-0.25, -0.2) is 13.9 Å². The number of hydrogen-bond donors (Lipinski definition) is 2. The molecule has 0 fully saturated rings. The summed E-state index contributed by atoms with van der Waals surface area (Å²) in [5.74, 6) is 0.938. The molecule has 2 N–H and O–H groups in total. The van der Waals surface area contributed by atoms with Gasteiger partial charge in [-0.1, -0.05) is 44.2 Å². The molecular weight excluding hydrogens is 525 g/mol. The van der Waals surface area contributed by atoms with Gasteiger partial charge in [-0.2, -0.15) is 5.10 Å². The monoisotopic (exact) mass is 559 g/mol. The molecule has 41 heavy (non-hydrogen) atoms. The van der Waals surface area contributed by atoms with Gasteiger partial charge in [0, 0.05) is 24.2 Å². The SMILES string of the molecule is COc1ccc(NC(=O)N(CCC(C)C)CC(=O)Nc2cc(-c3ccccc3)nn2-c2ccc(F)cc2)c(OC)c1. The lowest BCUT2D eigenvalue weighted by atomic mass is 10.1. The van der Waals surface area contributed by atoms with Crippen LogP contribution in [0.2, 0.25) is 0 Å². The fraction of sp³-hybridized carbons (Fsp3) is 0.258. The molecule has 0 atom stereocenters. The number of ether oxygens (including phenoxy) is 2. The second-order valence-electron chi connectivity index (χ2n) is 9.82. The van der Waals surface area contributed by atoms with Gasteiger partial charge in [-0.15, -0.1) is 0 Å². The summed E-state index contributed by atoms with van der Waals surface area (Å²) in [7, 11) is 3.05. The minimum Gasteiger partial charge on any atom is -0.497 e. The molecule has 1 heterocycles. The molecule has 214 valence electrons. The third kappa shape index (κ3) is 7.63. The number of aromatic nitrogens is 2. The highest BCUT2D eigenvalue weighted by atomic mass is 19.1. The first kappa shape index (κ1) is 29.1. The number of urea groups is 1. The molecule has 0 aliphatic heterocycles. The van der Waals surface area contributed by atoms with Crippen LogP contribution in [0.4, 0.5) is 20.7 Å². The van der Waals surface area contributed by atoms with Crippen molar-refractivity contribution in [1.29, 1.82) is 0 Å². The maximum absolute atomic E-state index is 13.6. The Morgan fingerprint density at radius 1 is 0.951 bits per heavy atom. The molecular formula is C31H34FN5O4. The molecule has 4 aromatic rings. The van der Waals surface area contributed by atoms with Crippen molar-refractivity contribution >= 4 is 23.4 Å². The summed E-state index contributed by atoms with van der Waals surface area (Å²) in [6, 6.07) is 21.7. The number of hydrogen-bond acceptors (Lipinski definition) is 5. The van der Waals surface area contributed by atoms with E-state index in [9.17, 15) is 14.0 Å². The van der Waals surface area contributed by atoms with Crippen molar-refractivity contribution in [2.24, 2.45) is 5.92 Å². The zero-order valence-corrected chi connectivity index (χ0v) is 23.6. The highest BCUT2D eigenvalue weighted by Crippen LogP contribution is 2.29. The molecule has 0 unspecified atom stereocenters. The van der Waals surface area contributed by atoms with E-state index in [1.54, 1.807) is 48.2 Å². The zero-order chi connectivity index (χ0) is 29.4. The molecule has 3 amide bonds. The first-order chi connectivity index (χ1) is 19.8. The smallest absolute Gasteiger partial charge is 0.322 e. The average Bonchev–Trinajstić information content (AvgIpc) is 3.39. The minimum absolute atomic E-state index is 0.202. The third-order valence-electron chi connectivity index (χ3n) is 6.37. The van der Waals surface area contributed by atoms with Crippen LogP contribution in [0.3, 0.4) is 0 Å². The Morgan fingerprint density at radius 3 is 2.34 bits per heavy atom. The summed E-state index contributed by atoms with van der Waals surface area (Å²) in [6.07, 6.45) is 0.701. The first-order valence-electron chi connectivity index (χ1n) is 13.3. The van der Waals surface area contributed by atoms with E-state index >= 15 is 0 Å². The Balaban J connectivity index is 1.56. The molecule has 3 aromatic carbocycles. The van der Waals surface area contributed by atoms with E-state index in [2.05, 4.69) is 29.6 Å². The van der Waals surface area contributed by atoms with Crippen molar-refractivity contribution in [2.75, 3.05) is 37.9 Å². The lowest BCUT2D eigenvalue weighted by molar-refractivity contribution is -0.116. The maximum Gasteiger partial charge on any atom is 0.322 e. The van der Waals surface area contributed by atoms with Gasteiger partial charge in [0.15, 0.2) is 0 Å². The van der Waals surface area contributed by atoms with Crippen molar-refractivity contribution in [3.8, 4) is 28.4 Å². The number of rotatable bonds is 11. The summed E-state index contributed by atoms with van der Waals surface area (Å²) >= 11 is 0. The van der Waals surface area contributed by atoms with E-state index in [0.29, 0.717) is 53.3 Å². The average molecular weight is 560 g/mol. The molecule has 0 spiro atoms. The van der Waals surface area contributed by atoms with Gasteiger partial charge < -0.3 is 25.0 Å². The summed E-state index contributed by atoms with van der Waals surface area (Å²) in [5.41, 5.74) is 2.52. The summed E-state index contributed by atoms with van der Waals surface area (Å²) in [6.45, 7) is 4.26. The Bertz CT molecular complexity index is 1470. The van der Waals surface area contributed by atoms with Crippen LogP contribution in [0.5, 0.6) is 11.5 Å². The highest BCUT2D eigenvalue weighted by Gasteiger charge is 2.21.